The van der Waals surface area contributed by atoms with Crippen molar-refractivity contribution < 1.29 is 26.3 Å². The second kappa shape index (κ2) is 5.20. The summed E-state index contributed by atoms with van der Waals surface area (Å²) in [6.07, 6.45) is -7.95. The number of unbranched alkanes of at least 4 members (excludes halogenated alkanes) is 1. The predicted molar refractivity (Wildman–Crippen MR) is 54.8 cm³/mol. The van der Waals surface area contributed by atoms with Crippen molar-refractivity contribution in [3.8, 4) is 0 Å². The largest absolute Gasteiger partial charge is 0.416 e. The summed E-state index contributed by atoms with van der Waals surface area (Å²) in [6, 6.07) is 2.10. The van der Waals surface area contributed by atoms with Gasteiger partial charge in [-0.2, -0.15) is 26.3 Å². The standard InChI is InChI=1S/C12H11F6/c1-2-3-5-8-9(11(13,14)15)6-4-7-10(8)12(16,17)18/h4-7H,2-3H2,1H3. The lowest BCUT2D eigenvalue weighted by molar-refractivity contribution is -0.143. The summed E-state index contributed by atoms with van der Waals surface area (Å²) in [6.45, 7) is 1.68. The molecule has 0 saturated heterocycles. The van der Waals surface area contributed by atoms with E-state index < -0.39 is 29.0 Å². The average Bonchev–Trinajstić information content (AvgIpc) is 2.23. The molecule has 1 aromatic carbocycles. The van der Waals surface area contributed by atoms with E-state index in [1.54, 1.807) is 6.92 Å². The van der Waals surface area contributed by atoms with E-state index in [1.165, 1.54) is 0 Å². The molecule has 0 aliphatic carbocycles. The van der Waals surface area contributed by atoms with Crippen LogP contribution in [-0.4, -0.2) is 0 Å². The van der Waals surface area contributed by atoms with Crippen molar-refractivity contribution >= 4 is 0 Å². The highest BCUT2D eigenvalue weighted by molar-refractivity contribution is 5.43. The number of hydrogen-bond acceptors (Lipinski definition) is 0. The molecule has 6 heteroatoms. The van der Waals surface area contributed by atoms with Gasteiger partial charge in [-0.1, -0.05) is 19.4 Å². The van der Waals surface area contributed by atoms with Gasteiger partial charge < -0.3 is 0 Å². The van der Waals surface area contributed by atoms with Crippen LogP contribution in [-0.2, 0) is 12.4 Å². The molecule has 0 unspecified atom stereocenters. The first-order valence-electron chi connectivity index (χ1n) is 5.28. The molecule has 0 saturated carbocycles. The van der Waals surface area contributed by atoms with Gasteiger partial charge in [-0.25, -0.2) is 0 Å². The maximum atomic E-state index is 12.7. The van der Waals surface area contributed by atoms with Crippen LogP contribution in [0.1, 0.15) is 36.5 Å². The third kappa shape index (κ3) is 3.40. The Morgan fingerprint density at radius 2 is 1.39 bits per heavy atom. The molecule has 0 aliphatic heterocycles. The second-order valence-corrected chi connectivity index (χ2v) is 3.76. The van der Waals surface area contributed by atoms with Crippen LogP contribution in [0.4, 0.5) is 26.3 Å². The molecule has 18 heavy (non-hydrogen) atoms. The third-order valence-electron chi connectivity index (χ3n) is 2.35. The molecule has 0 amide bonds. The Bertz CT molecular complexity index is 370. The van der Waals surface area contributed by atoms with Gasteiger partial charge in [-0.05, 0) is 30.5 Å². The average molecular weight is 269 g/mol. The summed E-state index contributed by atoms with van der Waals surface area (Å²) in [5.41, 5.74) is -3.27. The fourth-order valence-electron chi connectivity index (χ4n) is 1.57. The van der Waals surface area contributed by atoms with Crippen LogP contribution in [0.2, 0.25) is 0 Å². The normalized spacial score (nSPS) is 12.8. The first-order valence-corrected chi connectivity index (χ1v) is 5.28. The Balaban J connectivity index is 3.35. The fraction of sp³-hybridized carbons (Fsp3) is 0.417. The van der Waals surface area contributed by atoms with Crippen molar-refractivity contribution in [3.05, 3.63) is 41.3 Å². The molecule has 1 radical (unpaired) electrons. The van der Waals surface area contributed by atoms with E-state index in [9.17, 15) is 26.3 Å². The zero-order valence-electron chi connectivity index (χ0n) is 9.49. The molecule has 0 spiro atoms. The minimum Gasteiger partial charge on any atom is -0.166 e. The Hall–Kier alpha value is -1.20. The molecule has 0 bridgehead atoms. The second-order valence-electron chi connectivity index (χ2n) is 3.76. The van der Waals surface area contributed by atoms with E-state index in [-0.39, 0.29) is 6.42 Å². The van der Waals surface area contributed by atoms with Crippen LogP contribution in [0.5, 0.6) is 0 Å². The number of halogens is 6. The van der Waals surface area contributed by atoms with E-state index in [4.69, 9.17) is 0 Å². The molecule has 0 heterocycles. The van der Waals surface area contributed by atoms with Crippen LogP contribution < -0.4 is 0 Å². The van der Waals surface area contributed by atoms with Crippen LogP contribution in [0.15, 0.2) is 18.2 Å². The van der Waals surface area contributed by atoms with Crippen molar-refractivity contribution in [2.45, 2.75) is 32.1 Å². The Labute approximate surface area is 101 Å². The molecule has 1 aromatic rings. The molecule has 0 fully saturated rings. The molecular weight excluding hydrogens is 258 g/mol. The van der Waals surface area contributed by atoms with Crippen LogP contribution in [0, 0.1) is 6.42 Å². The molecular formula is C12H11F6. The highest BCUT2D eigenvalue weighted by Crippen LogP contribution is 2.40. The van der Waals surface area contributed by atoms with Crippen LogP contribution in [0.25, 0.3) is 0 Å². The lowest BCUT2D eigenvalue weighted by atomic mass is 9.95. The maximum Gasteiger partial charge on any atom is 0.416 e. The van der Waals surface area contributed by atoms with Gasteiger partial charge in [0.25, 0.3) is 0 Å². The van der Waals surface area contributed by atoms with Crippen LogP contribution in [0.3, 0.4) is 0 Å². The van der Waals surface area contributed by atoms with Crippen molar-refractivity contribution in [2.24, 2.45) is 0 Å². The van der Waals surface area contributed by atoms with Gasteiger partial charge >= 0.3 is 12.4 Å². The lowest BCUT2D eigenvalue weighted by Gasteiger charge is -2.18. The van der Waals surface area contributed by atoms with Crippen molar-refractivity contribution in [2.75, 3.05) is 0 Å². The minimum absolute atomic E-state index is 0.163. The molecule has 0 atom stereocenters. The van der Waals surface area contributed by atoms with Gasteiger partial charge in [0.2, 0.25) is 0 Å². The van der Waals surface area contributed by atoms with Crippen LogP contribution >= 0.6 is 0 Å². The monoisotopic (exact) mass is 269 g/mol. The molecule has 0 N–H and O–H groups in total. The topological polar surface area (TPSA) is 0 Å². The maximum absolute atomic E-state index is 12.7. The summed E-state index contributed by atoms with van der Waals surface area (Å²) in [5.74, 6) is 0. The van der Waals surface area contributed by atoms with Gasteiger partial charge in [0.05, 0.1) is 11.1 Å². The summed E-state index contributed by atoms with van der Waals surface area (Å²) in [7, 11) is 0. The van der Waals surface area contributed by atoms with E-state index >= 15 is 0 Å². The summed E-state index contributed by atoms with van der Waals surface area (Å²) in [4.78, 5) is 0. The van der Waals surface area contributed by atoms with E-state index in [2.05, 4.69) is 0 Å². The van der Waals surface area contributed by atoms with Gasteiger partial charge in [0, 0.05) is 0 Å². The quantitative estimate of drug-likeness (QED) is 0.671. The zero-order chi connectivity index (χ0) is 14.0. The summed E-state index contributed by atoms with van der Waals surface area (Å²) >= 11 is 0. The molecule has 0 aliphatic rings. The van der Waals surface area contributed by atoms with Gasteiger partial charge in [-0.3, -0.25) is 0 Å². The minimum atomic E-state index is -4.79. The van der Waals surface area contributed by atoms with E-state index in [0.29, 0.717) is 18.6 Å². The SMILES string of the molecule is CCC[CH]c1c(C(F)(F)F)cccc1C(F)(F)F. The lowest BCUT2D eigenvalue weighted by Crippen LogP contribution is -2.15. The van der Waals surface area contributed by atoms with Gasteiger partial charge in [0.15, 0.2) is 0 Å². The third-order valence-corrected chi connectivity index (χ3v) is 2.35. The molecule has 0 aromatic heterocycles. The Kier molecular flexibility index (Phi) is 4.29. The Morgan fingerprint density at radius 1 is 0.944 bits per heavy atom. The zero-order valence-corrected chi connectivity index (χ0v) is 9.49. The van der Waals surface area contributed by atoms with Crippen molar-refractivity contribution in [1.82, 2.24) is 0 Å². The molecule has 0 nitrogen and oxygen atoms in total. The highest BCUT2D eigenvalue weighted by Gasteiger charge is 2.40. The highest BCUT2D eigenvalue weighted by atomic mass is 19.4. The summed E-state index contributed by atoms with van der Waals surface area (Å²) in [5, 5.41) is 0. The number of hydrogen-bond donors (Lipinski definition) is 0. The number of alkyl halides is 6. The fourth-order valence-corrected chi connectivity index (χ4v) is 1.57. The first kappa shape index (κ1) is 14.9. The van der Waals surface area contributed by atoms with E-state index in [1.807, 2.05) is 0 Å². The van der Waals surface area contributed by atoms with Crippen molar-refractivity contribution in [3.63, 3.8) is 0 Å². The Morgan fingerprint density at radius 3 is 1.72 bits per heavy atom. The van der Waals surface area contributed by atoms with Gasteiger partial charge in [0.1, 0.15) is 0 Å². The predicted octanol–water partition coefficient (Wildman–Crippen LogP) is 5.08. The molecule has 101 valence electrons. The number of benzene rings is 1. The number of rotatable bonds is 3. The summed E-state index contributed by atoms with van der Waals surface area (Å²) < 4.78 is 75.9. The smallest absolute Gasteiger partial charge is 0.166 e. The van der Waals surface area contributed by atoms with Gasteiger partial charge in [-0.15, -0.1) is 0 Å². The molecule has 1 rings (SSSR count). The van der Waals surface area contributed by atoms with Crippen molar-refractivity contribution in [1.29, 1.82) is 0 Å². The first-order chi connectivity index (χ1) is 8.18. The van der Waals surface area contributed by atoms with E-state index in [0.717, 1.165) is 12.5 Å².